The van der Waals surface area contributed by atoms with Gasteiger partial charge in [0.05, 0.1) is 10.9 Å². The molecule has 0 aliphatic heterocycles. The molecule has 2 aromatic rings. The third-order valence-corrected chi connectivity index (χ3v) is 3.53. The highest BCUT2D eigenvalue weighted by molar-refractivity contribution is 7.09. The summed E-state index contributed by atoms with van der Waals surface area (Å²) < 4.78 is 0. The van der Waals surface area contributed by atoms with Gasteiger partial charge in [-0.1, -0.05) is 24.3 Å². The Kier molecular flexibility index (Phi) is 3.54. The first kappa shape index (κ1) is 11.8. The monoisotopic (exact) mass is 247 g/mol. The second-order valence-corrected chi connectivity index (χ2v) is 4.86. The first-order chi connectivity index (χ1) is 8.18. The van der Waals surface area contributed by atoms with Crippen molar-refractivity contribution >= 4 is 17.3 Å². The predicted octanol–water partition coefficient (Wildman–Crippen LogP) is 2.86. The number of benzene rings is 1. The molecule has 17 heavy (non-hydrogen) atoms. The predicted molar refractivity (Wildman–Crippen MR) is 67.4 cm³/mol. The molecule has 1 heterocycles. The highest BCUT2D eigenvalue weighted by Gasteiger charge is 2.22. The van der Waals surface area contributed by atoms with E-state index in [9.17, 15) is 9.90 Å². The number of aromatic nitrogens is 1. The third-order valence-electron chi connectivity index (χ3n) is 2.72. The average molecular weight is 247 g/mol. The van der Waals surface area contributed by atoms with Gasteiger partial charge in [0.1, 0.15) is 0 Å². The molecule has 0 aliphatic carbocycles. The number of rotatable bonds is 4. The second-order valence-electron chi connectivity index (χ2n) is 3.88. The van der Waals surface area contributed by atoms with Crippen molar-refractivity contribution in [1.82, 2.24) is 4.98 Å². The van der Waals surface area contributed by atoms with Crippen molar-refractivity contribution in [2.75, 3.05) is 0 Å². The summed E-state index contributed by atoms with van der Waals surface area (Å²) in [7, 11) is 0. The Labute approximate surface area is 104 Å². The first-order valence-corrected chi connectivity index (χ1v) is 6.23. The van der Waals surface area contributed by atoms with Gasteiger partial charge in [0, 0.05) is 18.0 Å². The van der Waals surface area contributed by atoms with Gasteiger partial charge in [0.2, 0.25) is 0 Å². The third kappa shape index (κ3) is 2.71. The number of hydrogen-bond donors (Lipinski definition) is 1. The van der Waals surface area contributed by atoms with Crippen LogP contribution in [0.2, 0.25) is 0 Å². The molecule has 3 nitrogen and oxygen atoms in total. The SMILES string of the molecule is Cc1ccccc1C(Cc1nccs1)C(=O)O. The lowest BCUT2D eigenvalue weighted by Crippen LogP contribution is -2.15. The lowest BCUT2D eigenvalue weighted by atomic mass is 9.92. The van der Waals surface area contributed by atoms with Crippen LogP contribution in [0.4, 0.5) is 0 Å². The first-order valence-electron chi connectivity index (χ1n) is 5.35. The highest BCUT2D eigenvalue weighted by atomic mass is 32.1. The summed E-state index contributed by atoms with van der Waals surface area (Å²) >= 11 is 1.49. The Morgan fingerprint density at radius 2 is 2.24 bits per heavy atom. The maximum Gasteiger partial charge on any atom is 0.311 e. The van der Waals surface area contributed by atoms with Gasteiger partial charge in [-0.2, -0.15) is 0 Å². The number of hydrogen-bond acceptors (Lipinski definition) is 3. The zero-order valence-corrected chi connectivity index (χ0v) is 10.3. The average Bonchev–Trinajstić information content (AvgIpc) is 2.79. The van der Waals surface area contributed by atoms with E-state index in [4.69, 9.17) is 0 Å². The van der Waals surface area contributed by atoms with Crippen LogP contribution >= 0.6 is 11.3 Å². The molecule has 0 fully saturated rings. The van der Waals surface area contributed by atoms with E-state index in [1.807, 2.05) is 36.6 Å². The van der Waals surface area contributed by atoms with Crippen LogP contribution in [0.5, 0.6) is 0 Å². The van der Waals surface area contributed by atoms with Crippen LogP contribution in [-0.2, 0) is 11.2 Å². The molecular weight excluding hydrogens is 234 g/mol. The summed E-state index contributed by atoms with van der Waals surface area (Å²) in [6, 6.07) is 7.61. The molecule has 0 saturated heterocycles. The molecule has 0 saturated carbocycles. The number of aliphatic carboxylic acids is 1. The molecule has 88 valence electrons. The van der Waals surface area contributed by atoms with E-state index < -0.39 is 11.9 Å². The topological polar surface area (TPSA) is 50.2 Å². The van der Waals surface area contributed by atoms with E-state index >= 15 is 0 Å². The molecule has 0 amide bonds. The number of carboxylic acid groups (broad SMARTS) is 1. The number of nitrogens with zero attached hydrogens (tertiary/aromatic N) is 1. The van der Waals surface area contributed by atoms with Gasteiger partial charge in [-0.05, 0) is 18.1 Å². The minimum absolute atomic E-state index is 0.456. The quantitative estimate of drug-likeness (QED) is 0.903. The van der Waals surface area contributed by atoms with Crippen molar-refractivity contribution in [2.24, 2.45) is 0 Å². The Hall–Kier alpha value is -1.68. The molecule has 0 spiro atoms. The largest absolute Gasteiger partial charge is 0.481 e. The number of thiazole rings is 1. The van der Waals surface area contributed by atoms with E-state index in [-0.39, 0.29) is 0 Å². The fraction of sp³-hybridized carbons (Fsp3) is 0.231. The minimum atomic E-state index is -0.797. The van der Waals surface area contributed by atoms with E-state index in [1.54, 1.807) is 6.20 Å². The summed E-state index contributed by atoms with van der Waals surface area (Å²) in [4.78, 5) is 15.5. The smallest absolute Gasteiger partial charge is 0.311 e. The van der Waals surface area contributed by atoms with Gasteiger partial charge in [0.15, 0.2) is 0 Å². The molecule has 1 aromatic heterocycles. The van der Waals surface area contributed by atoms with Gasteiger partial charge < -0.3 is 5.11 Å². The Morgan fingerprint density at radius 3 is 2.82 bits per heavy atom. The lowest BCUT2D eigenvalue weighted by molar-refractivity contribution is -0.138. The van der Waals surface area contributed by atoms with Crippen LogP contribution in [0.15, 0.2) is 35.8 Å². The van der Waals surface area contributed by atoms with E-state index in [2.05, 4.69) is 4.98 Å². The number of aryl methyl sites for hydroxylation is 1. The van der Waals surface area contributed by atoms with Crippen molar-refractivity contribution in [3.8, 4) is 0 Å². The van der Waals surface area contributed by atoms with Crippen LogP contribution < -0.4 is 0 Å². The van der Waals surface area contributed by atoms with Crippen LogP contribution in [0.25, 0.3) is 0 Å². The highest BCUT2D eigenvalue weighted by Crippen LogP contribution is 2.24. The summed E-state index contributed by atoms with van der Waals surface area (Å²) in [6.45, 7) is 1.94. The summed E-state index contributed by atoms with van der Waals surface area (Å²) in [5, 5.41) is 12.1. The van der Waals surface area contributed by atoms with Gasteiger partial charge in [-0.3, -0.25) is 4.79 Å². The molecule has 0 aliphatic rings. The van der Waals surface area contributed by atoms with E-state index in [1.165, 1.54) is 11.3 Å². The molecular formula is C13H13NO2S. The van der Waals surface area contributed by atoms with Crippen molar-refractivity contribution in [3.63, 3.8) is 0 Å². The standard InChI is InChI=1S/C13H13NO2S/c1-9-4-2-3-5-10(9)11(13(15)16)8-12-14-6-7-17-12/h2-7,11H,8H2,1H3,(H,15,16). The van der Waals surface area contributed by atoms with Crippen LogP contribution in [0.1, 0.15) is 22.1 Å². The fourth-order valence-corrected chi connectivity index (χ4v) is 2.50. The van der Waals surface area contributed by atoms with Gasteiger partial charge >= 0.3 is 5.97 Å². The lowest BCUT2D eigenvalue weighted by Gasteiger charge is -2.13. The molecule has 0 radical (unpaired) electrons. The van der Waals surface area contributed by atoms with Gasteiger partial charge in [-0.25, -0.2) is 4.98 Å². The van der Waals surface area contributed by atoms with Crippen LogP contribution in [0.3, 0.4) is 0 Å². The molecule has 2 rings (SSSR count). The van der Waals surface area contributed by atoms with Crippen molar-refractivity contribution < 1.29 is 9.90 Å². The zero-order valence-electron chi connectivity index (χ0n) is 9.46. The van der Waals surface area contributed by atoms with Crippen molar-refractivity contribution in [2.45, 2.75) is 19.3 Å². The molecule has 4 heteroatoms. The van der Waals surface area contributed by atoms with E-state index in [0.29, 0.717) is 6.42 Å². The zero-order chi connectivity index (χ0) is 12.3. The summed E-state index contributed by atoms with van der Waals surface area (Å²) in [5.74, 6) is -1.31. The maximum atomic E-state index is 11.4. The number of carbonyl (C=O) groups is 1. The number of carboxylic acids is 1. The van der Waals surface area contributed by atoms with Crippen LogP contribution in [-0.4, -0.2) is 16.1 Å². The Morgan fingerprint density at radius 1 is 1.47 bits per heavy atom. The summed E-state index contributed by atoms with van der Waals surface area (Å²) in [6.07, 6.45) is 2.16. The molecule has 0 bridgehead atoms. The molecule has 1 N–H and O–H groups in total. The Balaban J connectivity index is 2.30. The maximum absolute atomic E-state index is 11.4. The normalized spacial score (nSPS) is 12.3. The molecule has 1 atom stereocenters. The van der Waals surface area contributed by atoms with Gasteiger partial charge in [0.25, 0.3) is 0 Å². The van der Waals surface area contributed by atoms with E-state index in [0.717, 1.165) is 16.1 Å². The summed E-state index contributed by atoms with van der Waals surface area (Å²) in [5.41, 5.74) is 1.88. The minimum Gasteiger partial charge on any atom is -0.481 e. The molecule has 1 unspecified atom stereocenters. The van der Waals surface area contributed by atoms with Gasteiger partial charge in [-0.15, -0.1) is 11.3 Å². The van der Waals surface area contributed by atoms with Crippen molar-refractivity contribution in [3.05, 3.63) is 52.0 Å². The van der Waals surface area contributed by atoms with Crippen LogP contribution in [0, 0.1) is 6.92 Å². The van der Waals surface area contributed by atoms with Crippen molar-refractivity contribution in [1.29, 1.82) is 0 Å². The molecule has 1 aromatic carbocycles. The Bertz CT molecular complexity index is 508. The second kappa shape index (κ2) is 5.10. The fourth-order valence-electron chi connectivity index (χ4n) is 1.84.